The van der Waals surface area contributed by atoms with Crippen LogP contribution in [0.15, 0.2) is 0 Å². The van der Waals surface area contributed by atoms with Crippen LogP contribution in [0.25, 0.3) is 0 Å². The molecule has 0 aliphatic carbocycles. The van der Waals surface area contributed by atoms with Gasteiger partial charge in [-0.05, 0) is 59.8 Å². The molecule has 1 rings (SSSR count). The zero-order valence-electron chi connectivity index (χ0n) is 10.6. The number of nitrogens with zero attached hydrogens (tertiary/aromatic N) is 2. The lowest BCUT2D eigenvalue weighted by Gasteiger charge is -2.31. The molecular formula is C12H27N3. The van der Waals surface area contributed by atoms with Gasteiger partial charge in [0.15, 0.2) is 0 Å². The van der Waals surface area contributed by atoms with E-state index in [2.05, 4.69) is 30.7 Å². The quantitative estimate of drug-likeness (QED) is 0.743. The average Bonchev–Trinajstić information content (AvgIpc) is 2.17. The largest absolute Gasteiger partial charge is 0.327 e. The van der Waals surface area contributed by atoms with Crippen molar-refractivity contribution in [3.63, 3.8) is 0 Å². The molecule has 0 bridgehead atoms. The molecule has 3 heteroatoms. The molecule has 1 aliphatic heterocycles. The maximum Gasteiger partial charge on any atom is 0.0168 e. The van der Waals surface area contributed by atoms with Crippen molar-refractivity contribution in [1.82, 2.24) is 9.80 Å². The molecule has 0 aromatic heterocycles. The van der Waals surface area contributed by atoms with Gasteiger partial charge in [0, 0.05) is 18.6 Å². The number of likely N-dealkylation sites (tertiary alicyclic amines) is 1. The van der Waals surface area contributed by atoms with E-state index < -0.39 is 0 Å². The summed E-state index contributed by atoms with van der Waals surface area (Å²) in [5.74, 6) is 0. The van der Waals surface area contributed by atoms with Gasteiger partial charge in [-0.15, -0.1) is 0 Å². The van der Waals surface area contributed by atoms with E-state index in [1.807, 2.05) is 0 Å². The molecular weight excluding hydrogens is 186 g/mol. The lowest BCUT2D eigenvalue weighted by atomic mass is 10.1. The summed E-state index contributed by atoms with van der Waals surface area (Å²) < 4.78 is 0. The Morgan fingerprint density at radius 1 is 1.47 bits per heavy atom. The second-order valence-corrected chi connectivity index (χ2v) is 5.13. The second kappa shape index (κ2) is 6.46. The SMILES string of the molecule is CC(C)N(C)CCCN1CCCC(N)C1. The van der Waals surface area contributed by atoms with E-state index in [0.717, 1.165) is 6.54 Å². The summed E-state index contributed by atoms with van der Waals surface area (Å²) in [6, 6.07) is 1.08. The van der Waals surface area contributed by atoms with E-state index in [-0.39, 0.29) is 0 Å². The molecule has 90 valence electrons. The Hall–Kier alpha value is -0.120. The van der Waals surface area contributed by atoms with Crippen LogP contribution in [0, 0.1) is 0 Å². The van der Waals surface area contributed by atoms with Crippen LogP contribution in [0.1, 0.15) is 33.1 Å². The Morgan fingerprint density at radius 2 is 2.20 bits per heavy atom. The minimum absolute atomic E-state index is 0.418. The fraction of sp³-hybridized carbons (Fsp3) is 1.00. The predicted octanol–water partition coefficient (Wildman–Crippen LogP) is 1.14. The average molecular weight is 213 g/mol. The molecule has 1 fully saturated rings. The Kier molecular flexibility index (Phi) is 5.58. The molecule has 1 heterocycles. The van der Waals surface area contributed by atoms with E-state index in [1.54, 1.807) is 0 Å². The zero-order chi connectivity index (χ0) is 11.3. The molecule has 1 saturated heterocycles. The molecule has 0 radical (unpaired) electrons. The van der Waals surface area contributed by atoms with Gasteiger partial charge in [-0.2, -0.15) is 0 Å². The van der Waals surface area contributed by atoms with Crippen LogP contribution < -0.4 is 5.73 Å². The third-order valence-corrected chi connectivity index (χ3v) is 3.41. The molecule has 0 aromatic carbocycles. The van der Waals surface area contributed by atoms with Crippen LogP contribution in [-0.2, 0) is 0 Å². The number of hydrogen-bond donors (Lipinski definition) is 1. The van der Waals surface area contributed by atoms with Gasteiger partial charge in [-0.25, -0.2) is 0 Å². The van der Waals surface area contributed by atoms with Crippen LogP contribution >= 0.6 is 0 Å². The predicted molar refractivity (Wildman–Crippen MR) is 66.0 cm³/mol. The minimum atomic E-state index is 0.418. The van der Waals surface area contributed by atoms with Crippen LogP contribution in [0.5, 0.6) is 0 Å². The maximum atomic E-state index is 5.95. The van der Waals surface area contributed by atoms with E-state index in [4.69, 9.17) is 5.73 Å². The highest BCUT2D eigenvalue weighted by Gasteiger charge is 2.15. The Bertz CT molecular complexity index is 170. The van der Waals surface area contributed by atoms with Crippen LogP contribution in [0.3, 0.4) is 0 Å². The number of rotatable bonds is 5. The zero-order valence-corrected chi connectivity index (χ0v) is 10.6. The first-order valence-corrected chi connectivity index (χ1v) is 6.27. The summed E-state index contributed by atoms with van der Waals surface area (Å²) in [6.07, 6.45) is 3.75. The highest BCUT2D eigenvalue weighted by atomic mass is 15.2. The third kappa shape index (κ3) is 4.96. The second-order valence-electron chi connectivity index (χ2n) is 5.13. The summed E-state index contributed by atoms with van der Waals surface area (Å²) in [5, 5.41) is 0. The van der Waals surface area contributed by atoms with Gasteiger partial charge < -0.3 is 15.5 Å². The lowest BCUT2D eigenvalue weighted by Crippen LogP contribution is -2.43. The topological polar surface area (TPSA) is 32.5 Å². The fourth-order valence-corrected chi connectivity index (χ4v) is 2.10. The molecule has 15 heavy (non-hydrogen) atoms. The fourth-order valence-electron chi connectivity index (χ4n) is 2.10. The first-order chi connectivity index (χ1) is 7.09. The van der Waals surface area contributed by atoms with Crippen molar-refractivity contribution in [2.75, 3.05) is 33.2 Å². The molecule has 0 saturated carbocycles. The van der Waals surface area contributed by atoms with Gasteiger partial charge in [0.1, 0.15) is 0 Å². The molecule has 2 N–H and O–H groups in total. The van der Waals surface area contributed by atoms with Gasteiger partial charge in [0.05, 0.1) is 0 Å². The molecule has 1 atom stereocenters. The molecule has 1 unspecified atom stereocenters. The summed E-state index contributed by atoms with van der Waals surface area (Å²) in [7, 11) is 2.20. The number of hydrogen-bond acceptors (Lipinski definition) is 3. The Balaban J connectivity index is 2.09. The summed E-state index contributed by atoms with van der Waals surface area (Å²) in [4.78, 5) is 4.92. The van der Waals surface area contributed by atoms with E-state index in [1.165, 1.54) is 38.9 Å². The van der Waals surface area contributed by atoms with Crippen molar-refractivity contribution in [3.8, 4) is 0 Å². The third-order valence-electron chi connectivity index (χ3n) is 3.41. The molecule has 3 nitrogen and oxygen atoms in total. The highest BCUT2D eigenvalue weighted by Crippen LogP contribution is 2.08. The van der Waals surface area contributed by atoms with Crippen LogP contribution in [-0.4, -0.2) is 55.1 Å². The van der Waals surface area contributed by atoms with Gasteiger partial charge in [0.2, 0.25) is 0 Å². The monoisotopic (exact) mass is 213 g/mol. The van der Waals surface area contributed by atoms with E-state index >= 15 is 0 Å². The lowest BCUT2D eigenvalue weighted by molar-refractivity contribution is 0.189. The normalized spacial score (nSPS) is 24.0. The van der Waals surface area contributed by atoms with E-state index in [9.17, 15) is 0 Å². The standard InChI is InChI=1S/C12H27N3/c1-11(2)14(3)7-5-9-15-8-4-6-12(13)10-15/h11-12H,4-10,13H2,1-3H3. The maximum absolute atomic E-state index is 5.95. The number of nitrogens with two attached hydrogens (primary N) is 1. The highest BCUT2D eigenvalue weighted by molar-refractivity contribution is 4.75. The molecule has 0 spiro atoms. The van der Waals surface area contributed by atoms with E-state index in [0.29, 0.717) is 12.1 Å². The Labute approximate surface area is 94.6 Å². The van der Waals surface area contributed by atoms with Gasteiger partial charge >= 0.3 is 0 Å². The molecule has 0 aromatic rings. The van der Waals surface area contributed by atoms with Gasteiger partial charge in [-0.1, -0.05) is 0 Å². The first kappa shape index (κ1) is 12.9. The number of piperidine rings is 1. The van der Waals surface area contributed by atoms with Crippen molar-refractivity contribution in [2.24, 2.45) is 5.73 Å². The van der Waals surface area contributed by atoms with Crippen molar-refractivity contribution in [3.05, 3.63) is 0 Å². The first-order valence-electron chi connectivity index (χ1n) is 6.27. The van der Waals surface area contributed by atoms with Gasteiger partial charge in [-0.3, -0.25) is 0 Å². The molecule has 0 amide bonds. The minimum Gasteiger partial charge on any atom is -0.327 e. The molecule has 1 aliphatic rings. The van der Waals surface area contributed by atoms with Crippen molar-refractivity contribution in [2.45, 2.75) is 45.2 Å². The van der Waals surface area contributed by atoms with Crippen molar-refractivity contribution >= 4 is 0 Å². The summed E-state index contributed by atoms with van der Waals surface area (Å²) in [6.45, 7) is 9.26. The van der Waals surface area contributed by atoms with Crippen LogP contribution in [0.2, 0.25) is 0 Å². The summed E-state index contributed by atoms with van der Waals surface area (Å²) in [5.41, 5.74) is 5.95. The smallest absolute Gasteiger partial charge is 0.0168 e. The van der Waals surface area contributed by atoms with Crippen molar-refractivity contribution in [1.29, 1.82) is 0 Å². The summed E-state index contributed by atoms with van der Waals surface area (Å²) >= 11 is 0. The Morgan fingerprint density at radius 3 is 2.80 bits per heavy atom. The van der Waals surface area contributed by atoms with Crippen molar-refractivity contribution < 1.29 is 0 Å². The van der Waals surface area contributed by atoms with Gasteiger partial charge in [0.25, 0.3) is 0 Å². The van der Waals surface area contributed by atoms with Crippen LogP contribution in [0.4, 0.5) is 0 Å².